The summed E-state index contributed by atoms with van der Waals surface area (Å²) in [4.78, 5) is 5.26. The van der Waals surface area contributed by atoms with E-state index in [1.54, 1.807) is 0 Å². The normalized spacial score (nSPS) is 16.6. The molecule has 7 rings (SSSR count). The molecule has 0 unspecified atom stereocenters. The van der Waals surface area contributed by atoms with Gasteiger partial charge in [0.2, 0.25) is 0 Å². The number of benzene rings is 4. The lowest BCUT2D eigenvalue weighted by atomic mass is 9.82. The van der Waals surface area contributed by atoms with Gasteiger partial charge >= 0.3 is 0 Å². The fourth-order valence-corrected chi connectivity index (χ4v) is 10.7. The Morgan fingerprint density at radius 1 is 0.687 bits per heavy atom. The highest BCUT2D eigenvalue weighted by Crippen LogP contribution is 2.49. The molecule has 2 saturated carbocycles. The molecular formula is C65H86N2. The Hall–Kier alpha value is -5.04. The van der Waals surface area contributed by atoms with Crippen molar-refractivity contribution in [1.82, 2.24) is 0 Å². The zero-order valence-corrected chi connectivity index (χ0v) is 42.7. The van der Waals surface area contributed by atoms with Gasteiger partial charge in [0, 0.05) is 46.4 Å². The second-order valence-corrected chi connectivity index (χ2v) is 21.1. The molecule has 2 fully saturated rings. The van der Waals surface area contributed by atoms with E-state index in [-0.39, 0.29) is 12.8 Å². The van der Waals surface area contributed by atoms with E-state index >= 15 is 0 Å². The van der Waals surface area contributed by atoms with Crippen molar-refractivity contribution in [3.05, 3.63) is 160 Å². The molecular weight excluding hydrogens is 809 g/mol. The maximum absolute atomic E-state index is 4.03. The summed E-state index contributed by atoms with van der Waals surface area (Å²) in [6.07, 6.45) is 36.6. The molecule has 0 atom stereocenters. The van der Waals surface area contributed by atoms with Crippen LogP contribution in [0.15, 0.2) is 132 Å². The molecule has 2 nitrogen and oxygen atoms in total. The average molecular weight is 895 g/mol. The van der Waals surface area contributed by atoms with Crippen LogP contribution < -0.4 is 9.80 Å². The predicted octanol–water partition coefficient (Wildman–Crippen LogP) is 19.8. The zero-order valence-electron chi connectivity index (χ0n) is 42.7. The van der Waals surface area contributed by atoms with E-state index in [0.29, 0.717) is 23.7 Å². The third kappa shape index (κ3) is 12.4. The van der Waals surface area contributed by atoms with Crippen molar-refractivity contribution in [2.24, 2.45) is 11.8 Å². The molecule has 4 aromatic rings. The maximum Gasteiger partial charge on any atom is 0.0580 e. The van der Waals surface area contributed by atoms with E-state index in [4.69, 9.17) is 0 Å². The van der Waals surface area contributed by atoms with Crippen LogP contribution in [0.5, 0.6) is 0 Å². The summed E-state index contributed by atoms with van der Waals surface area (Å²) in [5.74, 6) is 2.05. The van der Waals surface area contributed by atoms with Gasteiger partial charge in [0.25, 0.3) is 0 Å². The molecule has 356 valence electrons. The van der Waals surface area contributed by atoms with Crippen molar-refractivity contribution in [2.75, 3.05) is 22.9 Å². The van der Waals surface area contributed by atoms with Gasteiger partial charge in [-0.15, -0.1) is 5.73 Å². The summed E-state index contributed by atoms with van der Waals surface area (Å²) in [5.41, 5.74) is 20.0. The number of rotatable bonds is 16. The molecule has 3 aliphatic carbocycles. The van der Waals surface area contributed by atoms with E-state index in [0.717, 1.165) is 25.9 Å². The van der Waals surface area contributed by atoms with Crippen LogP contribution in [0.25, 0.3) is 22.9 Å². The lowest BCUT2D eigenvalue weighted by Crippen LogP contribution is -2.23. The molecule has 0 amide bonds. The average Bonchev–Trinajstić information content (AvgIpc) is 3.56. The summed E-state index contributed by atoms with van der Waals surface area (Å²) < 4.78 is 0. The molecule has 2 heteroatoms. The van der Waals surface area contributed by atoms with Gasteiger partial charge in [-0.3, -0.25) is 0 Å². The van der Waals surface area contributed by atoms with Crippen LogP contribution in [-0.2, 0) is 5.41 Å². The minimum atomic E-state index is 0. The molecule has 0 aromatic heterocycles. The van der Waals surface area contributed by atoms with Gasteiger partial charge in [0.1, 0.15) is 0 Å². The Labute approximate surface area is 409 Å². The van der Waals surface area contributed by atoms with E-state index in [1.165, 1.54) is 142 Å². The Morgan fingerprint density at radius 3 is 1.82 bits per heavy atom. The first-order valence-electron chi connectivity index (χ1n) is 26.1. The van der Waals surface area contributed by atoms with Crippen molar-refractivity contribution >= 4 is 45.7 Å². The lowest BCUT2D eigenvalue weighted by molar-refractivity contribution is 0.409. The quantitative estimate of drug-likeness (QED) is 0.0628. The van der Waals surface area contributed by atoms with Gasteiger partial charge < -0.3 is 9.80 Å². The number of fused-ring (bicyclic) bond motifs is 2. The van der Waals surface area contributed by atoms with Crippen molar-refractivity contribution in [2.45, 2.75) is 171 Å². The van der Waals surface area contributed by atoms with E-state index in [2.05, 4.69) is 206 Å². The number of anilines is 4. The van der Waals surface area contributed by atoms with Crippen LogP contribution in [-0.4, -0.2) is 13.1 Å². The van der Waals surface area contributed by atoms with Crippen LogP contribution in [0.2, 0.25) is 0 Å². The number of nitrogens with zero attached hydrogens (tertiary/aromatic N) is 2. The molecule has 0 radical (unpaired) electrons. The van der Waals surface area contributed by atoms with Gasteiger partial charge in [-0.1, -0.05) is 199 Å². The standard InChI is InChI=1S/C64H82N2.CH4/c1-11-22-49(46(4)5)28-21-44-65(57-38-34-55(35-39-57)64(8,9)10)62-58-40-31-53(51-24-16-14-17-25-51)32-41-59(58)63(61-45-54(33-42-60(61)62)52-26-18-15-19-27-52)66(43-20-23-48(12-2)13-3)56-36-29-50(30-37-56)47(6)7;/h12,20-23,28-30,32-42,45-47,51-52H,11,13-19,24-27,43-44H2,1-10H3;1H4/b23-20-,28-21-,48-12-,49-22+;. The molecule has 0 heterocycles. The van der Waals surface area contributed by atoms with Crippen LogP contribution >= 0.6 is 0 Å². The van der Waals surface area contributed by atoms with Crippen molar-refractivity contribution in [1.29, 1.82) is 0 Å². The first kappa shape index (κ1) is 51.4. The van der Waals surface area contributed by atoms with Gasteiger partial charge in [-0.05, 0) is 139 Å². The summed E-state index contributed by atoms with van der Waals surface area (Å²) >= 11 is 0. The highest BCUT2D eigenvalue weighted by atomic mass is 15.2. The van der Waals surface area contributed by atoms with Crippen molar-refractivity contribution in [3.8, 4) is 0 Å². The van der Waals surface area contributed by atoms with Crippen molar-refractivity contribution < 1.29 is 0 Å². The molecule has 4 aromatic carbocycles. The third-order valence-electron chi connectivity index (χ3n) is 14.8. The molecule has 0 spiro atoms. The number of allylic oxidation sites excluding steroid dienone is 8. The van der Waals surface area contributed by atoms with Crippen LogP contribution in [0.4, 0.5) is 22.7 Å². The molecule has 0 saturated heterocycles. The second-order valence-electron chi connectivity index (χ2n) is 21.1. The Bertz CT molecular complexity index is 2470. The zero-order chi connectivity index (χ0) is 46.8. The summed E-state index contributed by atoms with van der Waals surface area (Å²) in [6, 6.07) is 26.6. The molecule has 0 N–H and O–H groups in total. The smallest absolute Gasteiger partial charge is 0.0580 e. The SMILES string of the molecule is C.C/C=C(\C=C/CN(c1ccc(C(C)C)cc1)c1c2c(c(N(C/C=C\C(=C/CC)C(C)C)c3ccc(C(C)(C)C)cc3)c3ccc(C4CCCCC4)cc13)C=C=C(C1CCCCC1)C=C2)CC. The van der Waals surface area contributed by atoms with E-state index in [1.807, 2.05) is 0 Å². The number of hydrogen-bond donors (Lipinski definition) is 0. The van der Waals surface area contributed by atoms with Gasteiger partial charge in [0.15, 0.2) is 0 Å². The largest absolute Gasteiger partial charge is 0.337 e. The van der Waals surface area contributed by atoms with Crippen LogP contribution in [0.1, 0.15) is 193 Å². The minimum Gasteiger partial charge on any atom is -0.337 e. The summed E-state index contributed by atoms with van der Waals surface area (Å²) in [5, 5.41) is 2.64. The molecule has 0 bridgehead atoms. The Balaban J connectivity index is 0.00000741. The van der Waals surface area contributed by atoms with Crippen molar-refractivity contribution in [3.63, 3.8) is 0 Å². The van der Waals surface area contributed by atoms with Gasteiger partial charge in [-0.2, -0.15) is 0 Å². The van der Waals surface area contributed by atoms with E-state index < -0.39 is 0 Å². The lowest BCUT2D eigenvalue weighted by Gasteiger charge is -2.34. The summed E-state index contributed by atoms with van der Waals surface area (Å²) in [7, 11) is 0. The van der Waals surface area contributed by atoms with E-state index in [9.17, 15) is 0 Å². The molecule has 0 aliphatic heterocycles. The fraction of sp³-hybridized carbons (Fsp3) is 0.462. The Kier molecular flexibility index (Phi) is 18.2. The monoisotopic (exact) mass is 895 g/mol. The third-order valence-corrected chi connectivity index (χ3v) is 14.8. The first-order valence-corrected chi connectivity index (χ1v) is 26.1. The minimum absolute atomic E-state index is 0. The van der Waals surface area contributed by atoms with Crippen LogP contribution in [0.3, 0.4) is 0 Å². The highest BCUT2D eigenvalue weighted by molar-refractivity contribution is 6.12. The maximum atomic E-state index is 4.03. The molecule has 3 aliphatic rings. The second kappa shape index (κ2) is 23.8. The Morgan fingerprint density at radius 2 is 1.27 bits per heavy atom. The fourth-order valence-electron chi connectivity index (χ4n) is 10.7. The first-order chi connectivity index (χ1) is 31.9. The molecule has 67 heavy (non-hydrogen) atoms. The summed E-state index contributed by atoms with van der Waals surface area (Å²) in [6.45, 7) is 24.4. The predicted molar refractivity (Wildman–Crippen MR) is 299 cm³/mol. The topological polar surface area (TPSA) is 6.48 Å². The highest BCUT2D eigenvalue weighted by Gasteiger charge is 2.29. The van der Waals surface area contributed by atoms with Gasteiger partial charge in [0.05, 0.1) is 11.4 Å². The van der Waals surface area contributed by atoms with Gasteiger partial charge in [-0.25, -0.2) is 0 Å². The number of hydrogen-bond acceptors (Lipinski definition) is 2. The van der Waals surface area contributed by atoms with Crippen LogP contribution in [0, 0.1) is 11.8 Å².